The Hall–Kier alpha value is -3.92. The molecule has 3 heterocycles. The molecule has 2 N–H and O–H groups in total. The fourth-order valence-corrected chi connectivity index (χ4v) is 4.93. The Bertz CT molecular complexity index is 1500. The monoisotopic (exact) mass is 567 g/mol. The third-order valence-corrected chi connectivity index (χ3v) is 7.29. The molecule has 1 saturated carbocycles. The maximum absolute atomic E-state index is 14.4. The van der Waals surface area contributed by atoms with Crippen molar-refractivity contribution in [2.75, 3.05) is 13.1 Å². The second kappa shape index (κ2) is 11.7. The first-order chi connectivity index (χ1) is 19.2. The molecule has 3 aromatic rings. The number of allylic oxidation sites excluding steroid dienone is 1. The van der Waals surface area contributed by atoms with E-state index >= 15 is 0 Å². The summed E-state index contributed by atoms with van der Waals surface area (Å²) in [5.41, 5.74) is 2.05. The van der Waals surface area contributed by atoms with Crippen LogP contribution in [0.3, 0.4) is 0 Å². The minimum Gasteiger partial charge on any atom is -0.348 e. The van der Waals surface area contributed by atoms with Crippen molar-refractivity contribution in [2.24, 2.45) is 5.92 Å². The van der Waals surface area contributed by atoms with E-state index in [4.69, 9.17) is 11.6 Å². The van der Waals surface area contributed by atoms with Crippen LogP contribution in [-0.2, 0) is 9.59 Å². The number of likely N-dealkylation sites (tertiary alicyclic amines) is 1. The normalized spacial score (nSPS) is 19.6. The van der Waals surface area contributed by atoms with Gasteiger partial charge in [-0.1, -0.05) is 29.8 Å². The number of pyridine rings is 2. The molecule has 11 heteroatoms. The highest BCUT2D eigenvalue weighted by atomic mass is 35.5. The Morgan fingerprint density at radius 2 is 2.00 bits per heavy atom. The Morgan fingerprint density at radius 1 is 1.20 bits per heavy atom. The van der Waals surface area contributed by atoms with Crippen molar-refractivity contribution >= 4 is 46.3 Å². The van der Waals surface area contributed by atoms with Gasteiger partial charge >= 0.3 is 0 Å². The van der Waals surface area contributed by atoms with Crippen LogP contribution >= 0.6 is 11.6 Å². The van der Waals surface area contributed by atoms with E-state index in [0.717, 1.165) is 28.9 Å². The number of carbonyl (C=O) groups excluding carboxylic acids is 3. The van der Waals surface area contributed by atoms with E-state index in [-0.39, 0.29) is 23.8 Å². The summed E-state index contributed by atoms with van der Waals surface area (Å²) in [4.78, 5) is 48.3. The van der Waals surface area contributed by atoms with Gasteiger partial charge in [-0.25, -0.2) is 18.7 Å². The maximum Gasteiger partial charge on any atom is 0.270 e. The standard InChI is InChI=1S/C29H28ClF2N5O3/c1-16(22-12-26(30)33-13-19(22)5-4-17-2-3-17)35-29(40)25-11-21(32)15-37(25)27(38)14-34-28(39)24-8-6-18-10-20(31)7-9-23(18)36-24/h4-10,12-13,16-17,21,25H,2-3,11,14-15H2,1H3,(H,34,39)(H,35,40)/b5-4+/t16?,21-,25?/m1/s1. The van der Waals surface area contributed by atoms with E-state index in [0.29, 0.717) is 16.8 Å². The number of hydrogen-bond donors (Lipinski definition) is 2. The molecule has 1 aromatic carbocycles. The lowest BCUT2D eigenvalue weighted by Crippen LogP contribution is -2.49. The van der Waals surface area contributed by atoms with E-state index in [2.05, 4.69) is 26.7 Å². The average molecular weight is 568 g/mol. The Kier molecular flexibility index (Phi) is 8.07. The molecule has 40 heavy (non-hydrogen) atoms. The lowest BCUT2D eigenvalue weighted by atomic mass is 10.0. The molecule has 2 aromatic heterocycles. The Morgan fingerprint density at radius 3 is 2.77 bits per heavy atom. The molecule has 1 aliphatic carbocycles. The van der Waals surface area contributed by atoms with E-state index in [1.54, 1.807) is 25.3 Å². The highest BCUT2D eigenvalue weighted by Gasteiger charge is 2.40. The number of nitrogens with zero attached hydrogens (tertiary/aromatic N) is 3. The largest absolute Gasteiger partial charge is 0.348 e. The summed E-state index contributed by atoms with van der Waals surface area (Å²) >= 11 is 6.12. The number of rotatable bonds is 8. The summed E-state index contributed by atoms with van der Waals surface area (Å²) < 4.78 is 27.8. The Labute approximate surface area is 234 Å². The zero-order valence-electron chi connectivity index (χ0n) is 21.7. The van der Waals surface area contributed by atoms with Crippen LogP contribution in [0.25, 0.3) is 17.0 Å². The molecule has 3 amide bonds. The van der Waals surface area contributed by atoms with Crippen LogP contribution in [0.15, 0.2) is 48.7 Å². The molecule has 208 valence electrons. The lowest BCUT2D eigenvalue weighted by molar-refractivity contribution is -0.138. The second-order valence-corrected chi connectivity index (χ2v) is 10.6. The molecule has 2 unspecified atom stereocenters. The van der Waals surface area contributed by atoms with Crippen LogP contribution in [0.5, 0.6) is 0 Å². The van der Waals surface area contributed by atoms with Crippen molar-refractivity contribution < 1.29 is 23.2 Å². The van der Waals surface area contributed by atoms with E-state index in [1.807, 2.05) is 6.08 Å². The first kappa shape index (κ1) is 27.6. The molecule has 3 atom stereocenters. The number of nitrogens with one attached hydrogen (secondary N) is 2. The molecular formula is C29H28ClF2N5O3. The number of carbonyl (C=O) groups is 3. The average Bonchev–Trinajstić information content (AvgIpc) is 3.68. The molecule has 0 bridgehead atoms. The number of fused-ring (bicyclic) bond motifs is 1. The predicted molar refractivity (Wildman–Crippen MR) is 147 cm³/mol. The number of halogens is 3. The minimum absolute atomic E-state index is 0.0439. The summed E-state index contributed by atoms with van der Waals surface area (Å²) in [5, 5.41) is 6.18. The van der Waals surface area contributed by atoms with Crippen LogP contribution in [0.2, 0.25) is 5.15 Å². The fraction of sp³-hybridized carbons (Fsp3) is 0.345. The van der Waals surface area contributed by atoms with Gasteiger partial charge in [0.2, 0.25) is 11.8 Å². The lowest BCUT2D eigenvalue weighted by Gasteiger charge is -2.26. The quantitative estimate of drug-likeness (QED) is 0.393. The molecule has 5 rings (SSSR count). The summed E-state index contributed by atoms with van der Waals surface area (Å²) in [7, 11) is 0. The summed E-state index contributed by atoms with van der Waals surface area (Å²) in [5.74, 6) is -1.58. The van der Waals surface area contributed by atoms with Gasteiger partial charge in [0.15, 0.2) is 0 Å². The topological polar surface area (TPSA) is 104 Å². The number of amides is 3. The summed E-state index contributed by atoms with van der Waals surface area (Å²) in [6.07, 6.45) is 6.49. The van der Waals surface area contributed by atoms with Crippen molar-refractivity contribution in [3.8, 4) is 0 Å². The van der Waals surface area contributed by atoms with Crippen LogP contribution < -0.4 is 10.6 Å². The van der Waals surface area contributed by atoms with Gasteiger partial charge in [0, 0.05) is 18.0 Å². The van der Waals surface area contributed by atoms with Crippen molar-refractivity contribution in [3.63, 3.8) is 0 Å². The van der Waals surface area contributed by atoms with Crippen molar-refractivity contribution in [1.29, 1.82) is 0 Å². The third kappa shape index (κ3) is 6.44. The summed E-state index contributed by atoms with van der Waals surface area (Å²) in [6, 6.07) is 7.15. The molecule has 0 radical (unpaired) electrons. The van der Waals surface area contributed by atoms with Crippen molar-refractivity contribution in [2.45, 2.75) is 44.4 Å². The first-order valence-corrected chi connectivity index (χ1v) is 13.5. The van der Waals surface area contributed by atoms with Gasteiger partial charge in [0.25, 0.3) is 5.91 Å². The fourth-order valence-electron chi connectivity index (χ4n) is 4.76. The van der Waals surface area contributed by atoms with Gasteiger partial charge in [-0.05, 0) is 67.1 Å². The number of alkyl halides is 1. The van der Waals surface area contributed by atoms with Crippen molar-refractivity contribution in [3.05, 3.63) is 76.5 Å². The Balaban J connectivity index is 1.22. The van der Waals surface area contributed by atoms with Crippen LogP contribution in [0.1, 0.15) is 53.8 Å². The maximum atomic E-state index is 14.4. The predicted octanol–water partition coefficient (Wildman–Crippen LogP) is 4.39. The molecule has 0 spiro atoms. The van der Waals surface area contributed by atoms with Gasteiger partial charge in [-0.2, -0.15) is 0 Å². The van der Waals surface area contributed by atoms with Gasteiger partial charge in [-0.3, -0.25) is 14.4 Å². The second-order valence-electron chi connectivity index (χ2n) is 10.2. The third-order valence-electron chi connectivity index (χ3n) is 7.09. The van der Waals surface area contributed by atoms with Crippen LogP contribution in [0, 0.1) is 11.7 Å². The van der Waals surface area contributed by atoms with Crippen molar-refractivity contribution in [1.82, 2.24) is 25.5 Å². The number of benzene rings is 1. The molecule has 8 nitrogen and oxygen atoms in total. The molecular weight excluding hydrogens is 540 g/mol. The zero-order valence-corrected chi connectivity index (χ0v) is 22.5. The van der Waals surface area contributed by atoms with E-state index in [9.17, 15) is 23.2 Å². The first-order valence-electron chi connectivity index (χ1n) is 13.1. The van der Waals surface area contributed by atoms with Gasteiger partial charge in [0.1, 0.15) is 28.9 Å². The van der Waals surface area contributed by atoms with E-state index < -0.39 is 48.3 Å². The van der Waals surface area contributed by atoms with Gasteiger partial charge in [-0.15, -0.1) is 0 Å². The van der Waals surface area contributed by atoms with Gasteiger partial charge < -0.3 is 15.5 Å². The van der Waals surface area contributed by atoms with E-state index in [1.165, 1.54) is 24.3 Å². The molecule has 1 saturated heterocycles. The molecule has 2 aliphatic rings. The minimum atomic E-state index is -1.37. The highest BCUT2D eigenvalue weighted by Crippen LogP contribution is 2.32. The number of hydrogen-bond acceptors (Lipinski definition) is 5. The van der Waals surface area contributed by atoms with Gasteiger partial charge in [0.05, 0.1) is 24.6 Å². The number of aromatic nitrogens is 2. The van der Waals surface area contributed by atoms with Crippen LogP contribution in [-0.4, -0.2) is 57.9 Å². The zero-order chi connectivity index (χ0) is 28.4. The highest BCUT2D eigenvalue weighted by molar-refractivity contribution is 6.29. The molecule has 2 fully saturated rings. The smallest absolute Gasteiger partial charge is 0.270 e. The summed E-state index contributed by atoms with van der Waals surface area (Å²) in [6.45, 7) is 1.10. The SMILES string of the molecule is CC(NC(=O)C1C[C@@H](F)CN1C(=O)CNC(=O)c1ccc2cc(F)ccc2n1)c1cc(Cl)ncc1/C=C/C1CC1. The van der Waals surface area contributed by atoms with Crippen LogP contribution in [0.4, 0.5) is 8.78 Å². The molecule has 1 aliphatic heterocycles.